The first-order valence-corrected chi connectivity index (χ1v) is 5.91. The Bertz CT molecular complexity index is 571. The first-order chi connectivity index (χ1) is 8.06. The quantitative estimate of drug-likeness (QED) is 0.893. The van der Waals surface area contributed by atoms with Gasteiger partial charge in [0.05, 0.1) is 17.3 Å². The van der Waals surface area contributed by atoms with Crippen LogP contribution in [0.25, 0.3) is 10.9 Å². The van der Waals surface area contributed by atoms with E-state index in [1.54, 1.807) is 6.92 Å². The van der Waals surface area contributed by atoms with Crippen molar-refractivity contribution < 1.29 is 9.90 Å². The van der Waals surface area contributed by atoms with Gasteiger partial charge in [-0.1, -0.05) is 28.1 Å². The fourth-order valence-corrected chi connectivity index (χ4v) is 1.96. The third kappa shape index (κ3) is 2.74. The van der Waals surface area contributed by atoms with E-state index in [4.69, 9.17) is 5.11 Å². The van der Waals surface area contributed by atoms with Crippen LogP contribution in [-0.4, -0.2) is 16.2 Å². The summed E-state index contributed by atoms with van der Waals surface area (Å²) in [6.07, 6.45) is -1.05. The number of hydrogen-bond donors (Lipinski definition) is 2. The smallest absolute Gasteiger partial charge is 0.405 e. The number of hydrogen-bond acceptors (Lipinski definition) is 2. The summed E-state index contributed by atoms with van der Waals surface area (Å²) in [5, 5.41) is 12.1. The number of halogens is 1. The van der Waals surface area contributed by atoms with Crippen molar-refractivity contribution in [3.05, 3.63) is 40.5 Å². The zero-order valence-corrected chi connectivity index (χ0v) is 10.7. The van der Waals surface area contributed by atoms with E-state index in [0.29, 0.717) is 5.69 Å². The van der Waals surface area contributed by atoms with Crippen molar-refractivity contribution in [1.82, 2.24) is 10.3 Å². The van der Waals surface area contributed by atoms with Crippen LogP contribution < -0.4 is 5.32 Å². The Hall–Kier alpha value is -1.62. The maximum absolute atomic E-state index is 10.6. The summed E-state index contributed by atoms with van der Waals surface area (Å²) in [4.78, 5) is 15.0. The lowest BCUT2D eigenvalue weighted by atomic mass is 10.1. The normalized spacial score (nSPS) is 12.4. The summed E-state index contributed by atoms with van der Waals surface area (Å²) in [6.45, 7) is 1.76. The molecule has 0 bridgehead atoms. The second-order valence-electron chi connectivity index (χ2n) is 3.74. The number of benzene rings is 1. The number of carbonyl (C=O) groups is 1. The van der Waals surface area contributed by atoms with Gasteiger partial charge in [0.25, 0.3) is 0 Å². The number of nitrogens with zero attached hydrogens (tertiary/aromatic N) is 1. The van der Waals surface area contributed by atoms with Crippen LogP contribution in [-0.2, 0) is 0 Å². The fourth-order valence-electron chi connectivity index (χ4n) is 1.61. The number of amides is 1. The molecule has 17 heavy (non-hydrogen) atoms. The lowest BCUT2D eigenvalue weighted by Crippen LogP contribution is -2.25. The number of pyridine rings is 1. The van der Waals surface area contributed by atoms with Gasteiger partial charge in [0.2, 0.25) is 0 Å². The minimum atomic E-state index is -1.05. The monoisotopic (exact) mass is 294 g/mol. The first-order valence-electron chi connectivity index (χ1n) is 5.12. The van der Waals surface area contributed by atoms with E-state index in [2.05, 4.69) is 26.2 Å². The molecule has 1 aromatic carbocycles. The average molecular weight is 295 g/mol. The third-order valence-corrected chi connectivity index (χ3v) is 2.95. The molecule has 0 aliphatic carbocycles. The Morgan fingerprint density at radius 1 is 1.41 bits per heavy atom. The summed E-state index contributed by atoms with van der Waals surface area (Å²) in [5.41, 5.74) is 1.55. The fraction of sp³-hybridized carbons (Fsp3) is 0.167. The number of aromatic nitrogens is 1. The van der Waals surface area contributed by atoms with E-state index in [9.17, 15) is 4.79 Å². The van der Waals surface area contributed by atoms with Crippen molar-refractivity contribution in [2.45, 2.75) is 13.0 Å². The highest BCUT2D eigenvalue weighted by Gasteiger charge is 2.09. The van der Waals surface area contributed by atoms with Crippen molar-refractivity contribution in [2.24, 2.45) is 0 Å². The molecule has 0 radical (unpaired) electrons. The number of nitrogens with one attached hydrogen (secondary N) is 1. The van der Waals surface area contributed by atoms with E-state index in [-0.39, 0.29) is 6.04 Å². The molecule has 0 fully saturated rings. The van der Waals surface area contributed by atoms with Crippen LogP contribution in [0.1, 0.15) is 18.7 Å². The highest BCUT2D eigenvalue weighted by Crippen LogP contribution is 2.20. The zero-order valence-electron chi connectivity index (χ0n) is 9.14. The molecule has 1 atom stereocenters. The molecular formula is C12H11BrN2O2. The number of carboxylic acid groups (broad SMARTS) is 1. The minimum Gasteiger partial charge on any atom is -0.465 e. The van der Waals surface area contributed by atoms with Gasteiger partial charge >= 0.3 is 6.09 Å². The SMILES string of the molecule is C[C@@H](NC(=O)O)c1ccc2ccc(Br)cc2n1. The van der Waals surface area contributed by atoms with E-state index in [1.165, 1.54) is 0 Å². The Balaban J connectivity index is 2.39. The van der Waals surface area contributed by atoms with Gasteiger partial charge in [0.15, 0.2) is 0 Å². The van der Waals surface area contributed by atoms with Gasteiger partial charge in [-0.2, -0.15) is 0 Å². The molecule has 0 unspecified atom stereocenters. The molecule has 1 heterocycles. The molecule has 2 aromatic rings. The van der Waals surface area contributed by atoms with E-state index in [0.717, 1.165) is 15.4 Å². The van der Waals surface area contributed by atoms with Crippen LogP contribution in [0.3, 0.4) is 0 Å². The maximum atomic E-state index is 10.6. The van der Waals surface area contributed by atoms with Crippen LogP contribution in [0.5, 0.6) is 0 Å². The molecule has 0 aliphatic rings. The largest absolute Gasteiger partial charge is 0.465 e. The van der Waals surface area contributed by atoms with Gasteiger partial charge in [-0.15, -0.1) is 0 Å². The van der Waals surface area contributed by atoms with Gasteiger partial charge in [0.1, 0.15) is 0 Å². The summed E-state index contributed by atoms with van der Waals surface area (Å²) in [6, 6.07) is 9.26. The molecule has 5 heteroatoms. The van der Waals surface area contributed by atoms with Crippen LogP contribution in [0, 0.1) is 0 Å². The van der Waals surface area contributed by atoms with Gasteiger partial charge in [0, 0.05) is 9.86 Å². The summed E-state index contributed by atoms with van der Waals surface area (Å²) >= 11 is 3.38. The van der Waals surface area contributed by atoms with Crippen molar-refractivity contribution in [1.29, 1.82) is 0 Å². The molecule has 2 rings (SSSR count). The summed E-state index contributed by atoms with van der Waals surface area (Å²) in [7, 11) is 0. The van der Waals surface area contributed by atoms with Crippen molar-refractivity contribution >= 4 is 32.9 Å². The third-order valence-electron chi connectivity index (χ3n) is 2.46. The first kappa shape index (κ1) is 11.9. The Morgan fingerprint density at radius 3 is 2.82 bits per heavy atom. The predicted molar refractivity (Wildman–Crippen MR) is 69.0 cm³/mol. The highest BCUT2D eigenvalue weighted by molar-refractivity contribution is 9.10. The second-order valence-corrected chi connectivity index (χ2v) is 4.66. The number of fused-ring (bicyclic) bond motifs is 1. The van der Waals surface area contributed by atoms with Crippen LogP contribution in [0.15, 0.2) is 34.8 Å². The van der Waals surface area contributed by atoms with Gasteiger partial charge < -0.3 is 10.4 Å². The molecule has 0 spiro atoms. The molecule has 88 valence electrons. The Labute approximate surface area is 107 Å². The van der Waals surface area contributed by atoms with Gasteiger partial charge in [-0.05, 0) is 25.1 Å². The molecule has 1 aromatic heterocycles. The lowest BCUT2D eigenvalue weighted by molar-refractivity contribution is 0.190. The van der Waals surface area contributed by atoms with Crippen molar-refractivity contribution in [3.63, 3.8) is 0 Å². The van der Waals surface area contributed by atoms with E-state index < -0.39 is 6.09 Å². The average Bonchev–Trinajstić information content (AvgIpc) is 2.27. The second kappa shape index (κ2) is 4.71. The lowest BCUT2D eigenvalue weighted by Gasteiger charge is -2.11. The van der Waals surface area contributed by atoms with Gasteiger partial charge in [-0.3, -0.25) is 4.98 Å². The van der Waals surface area contributed by atoms with Gasteiger partial charge in [-0.25, -0.2) is 4.79 Å². The van der Waals surface area contributed by atoms with Crippen LogP contribution in [0.4, 0.5) is 4.79 Å². The topological polar surface area (TPSA) is 62.2 Å². The molecule has 0 saturated heterocycles. The maximum Gasteiger partial charge on any atom is 0.405 e. The standard InChI is InChI=1S/C12H11BrN2O2/c1-7(14-12(16)17)10-5-3-8-2-4-9(13)6-11(8)15-10/h2-7,14H,1H3,(H,16,17)/t7-/m1/s1. The summed E-state index contributed by atoms with van der Waals surface area (Å²) in [5.74, 6) is 0. The molecule has 1 amide bonds. The Morgan fingerprint density at radius 2 is 2.12 bits per heavy atom. The highest BCUT2D eigenvalue weighted by atomic mass is 79.9. The zero-order chi connectivity index (χ0) is 12.4. The molecule has 0 aliphatic heterocycles. The number of rotatable bonds is 2. The van der Waals surface area contributed by atoms with E-state index >= 15 is 0 Å². The molecule has 2 N–H and O–H groups in total. The molecule has 0 saturated carbocycles. The molecular weight excluding hydrogens is 284 g/mol. The van der Waals surface area contributed by atoms with Crippen LogP contribution in [0.2, 0.25) is 0 Å². The van der Waals surface area contributed by atoms with Crippen LogP contribution >= 0.6 is 15.9 Å². The van der Waals surface area contributed by atoms with E-state index in [1.807, 2.05) is 30.3 Å². The minimum absolute atomic E-state index is 0.323. The molecule has 4 nitrogen and oxygen atoms in total. The Kier molecular flexibility index (Phi) is 3.28. The summed E-state index contributed by atoms with van der Waals surface area (Å²) < 4.78 is 0.952. The predicted octanol–water partition coefficient (Wildman–Crippen LogP) is 3.33. The van der Waals surface area contributed by atoms with Crippen molar-refractivity contribution in [2.75, 3.05) is 0 Å². The van der Waals surface area contributed by atoms with Crippen molar-refractivity contribution in [3.8, 4) is 0 Å².